The fourth-order valence-corrected chi connectivity index (χ4v) is 4.19. The van der Waals surface area contributed by atoms with Crippen LogP contribution in [0.1, 0.15) is 31.2 Å². The second kappa shape index (κ2) is 9.45. The fraction of sp³-hybridized carbons (Fsp3) is 0.231. The second-order valence-electron chi connectivity index (χ2n) is 8.10. The van der Waals surface area contributed by atoms with Crippen molar-refractivity contribution in [1.29, 1.82) is 0 Å². The number of nitrogens with zero attached hydrogens (tertiary/aromatic N) is 2. The summed E-state index contributed by atoms with van der Waals surface area (Å²) in [4.78, 5) is 9.52. The number of para-hydroxylation sites is 1. The van der Waals surface area contributed by atoms with E-state index >= 15 is 0 Å². The van der Waals surface area contributed by atoms with Crippen LogP contribution in [0.2, 0.25) is 5.02 Å². The smallest absolute Gasteiger partial charge is 0.225 e. The standard InChI is InChI=1S/C26H25ClN4O/c27-19-12-14-21(15-13-19)32-22-9-5-6-18(16-22)17-28-26-30-24-11-4-3-10-23(24)25(31-26)29-20-7-1-2-8-20/h3-6,9-16,20H,1-2,7-8,17H2,(H2,28,29,30,31). The molecule has 0 spiro atoms. The van der Waals surface area contributed by atoms with Crippen LogP contribution in [0.4, 0.5) is 11.8 Å². The van der Waals surface area contributed by atoms with Crippen LogP contribution in [0.5, 0.6) is 11.5 Å². The Hall–Kier alpha value is -3.31. The van der Waals surface area contributed by atoms with E-state index < -0.39 is 0 Å². The first kappa shape index (κ1) is 20.6. The zero-order valence-electron chi connectivity index (χ0n) is 17.7. The Morgan fingerprint density at radius 3 is 2.53 bits per heavy atom. The van der Waals surface area contributed by atoms with Gasteiger partial charge in [-0.05, 0) is 66.9 Å². The zero-order valence-corrected chi connectivity index (χ0v) is 18.5. The predicted molar refractivity (Wildman–Crippen MR) is 131 cm³/mol. The number of benzene rings is 3. The average molecular weight is 445 g/mol. The molecule has 3 aromatic carbocycles. The molecule has 0 saturated heterocycles. The summed E-state index contributed by atoms with van der Waals surface area (Å²) in [6.45, 7) is 0.596. The summed E-state index contributed by atoms with van der Waals surface area (Å²) in [5.41, 5.74) is 2.02. The van der Waals surface area contributed by atoms with Gasteiger partial charge in [0.1, 0.15) is 17.3 Å². The Morgan fingerprint density at radius 2 is 1.69 bits per heavy atom. The second-order valence-corrected chi connectivity index (χ2v) is 8.53. The first-order valence-electron chi connectivity index (χ1n) is 11.0. The molecular formula is C26H25ClN4O. The van der Waals surface area contributed by atoms with Gasteiger partial charge in [0.25, 0.3) is 0 Å². The zero-order chi connectivity index (χ0) is 21.8. The van der Waals surface area contributed by atoms with E-state index in [9.17, 15) is 0 Å². The van der Waals surface area contributed by atoms with Crippen molar-refractivity contribution in [3.05, 3.63) is 83.4 Å². The lowest BCUT2D eigenvalue weighted by atomic mass is 10.2. The average Bonchev–Trinajstić information content (AvgIpc) is 3.33. The summed E-state index contributed by atoms with van der Waals surface area (Å²) in [6.07, 6.45) is 4.95. The minimum atomic E-state index is 0.489. The topological polar surface area (TPSA) is 59.1 Å². The van der Waals surface area contributed by atoms with Crippen LogP contribution in [0.25, 0.3) is 10.9 Å². The summed E-state index contributed by atoms with van der Waals surface area (Å²) in [5.74, 6) is 3.05. The largest absolute Gasteiger partial charge is 0.457 e. The fourth-order valence-electron chi connectivity index (χ4n) is 4.07. The molecule has 1 aromatic heterocycles. The number of fused-ring (bicyclic) bond motifs is 1. The maximum atomic E-state index is 5.95. The van der Waals surface area contributed by atoms with Crippen molar-refractivity contribution in [2.45, 2.75) is 38.3 Å². The maximum absolute atomic E-state index is 5.95. The Kier molecular flexibility index (Phi) is 6.08. The van der Waals surface area contributed by atoms with Gasteiger partial charge in [-0.2, -0.15) is 4.98 Å². The van der Waals surface area contributed by atoms with Crippen LogP contribution in [0, 0.1) is 0 Å². The molecule has 0 atom stereocenters. The number of rotatable bonds is 7. The summed E-state index contributed by atoms with van der Waals surface area (Å²) in [5, 5.41) is 8.77. The molecule has 1 heterocycles. The Bertz CT molecular complexity index is 1210. The van der Waals surface area contributed by atoms with Crippen molar-refractivity contribution in [1.82, 2.24) is 9.97 Å². The lowest BCUT2D eigenvalue weighted by Gasteiger charge is -2.16. The molecule has 162 valence electrons. The van der Waals surface area contributed by atoms with E-state index in [4.69, 9.17) is 26.3 Å². The van der Waals surface area contributed by atoms with Gasteiger partial charge in [-0.3, -0.25) is 0 Å². The highest BCUT2D eigenvalue weighted by atomic mass is 35.5. The number of anilines is 2. The summed E-state index contributed by atoms with van der Waals surface area (Å²) in [7, 11) is 0. The van der Waals surface area contributed by atoms with E-state index in [1.165, 1.54) is 25.7 Å². The molecule has 6 heteroatoms. The van der Waals surface area contributed by atoms with Crippen LogP contribution in [-0.2, 0) is 6.54 Å². The molecule has 1 aliphatic carbocycles. The minimum absolute atomic E-state index is 0.489. The van der Waals surface area contributed by atoms with E-state index in [1.807, 2.05) is 60.7 Å². The number of halogens is 1. The van der Waals surface area contributed by atoms with Crippen LogP contribution >= 0.6 is 11.6 Å². The lowest BCUT2D eigenvalue weighted by Crippen LogP contribution is -2.17. The molecule has 1 saturated carbocycles. The van der Waals surface area contributed by atoms with Gasteiger partial charge in [-0.1, -0.05) is 48.7 Å². The van der Waals surface area contributed by atoms with Crippen molar-refractivity contribution >= 4 is 34.3 Å². The van der Waals surface area contributed by atoms with E-state index in [-0.39, 0.29) is 0 Å². The van der Waals surface area contributed by atoms with Gasteiger partial charge in [-0.15, -0.1) is 0 Å². The quantitative estimate of drug-likeness (QED) is 0.320. The van der Waals surface area contributed by atoms with Crippen LogP contribution < -0.4 is 15.4 Å². The Morgan fingerprint density at radius 1 is 0.875 bits per heavy atom. The van der Waals surface area contributed by atoms with Crippen molar-refractivity contribution in [2.75, 3.05) is 10.6 Å². The van der Waals surface area contributed by atoms with Gasteiger partial charge in [0.2, 0.25) is 5.95 Å². The van der Waals surface area contributed by atoms with Gasteiger partial charge in [0, 0.05) is 23.0 Å². The third-order valence-corrected chi connectivity index (χ3v) is 5.95. The van der Waals surface area contributed by atoms with Gasteiger partial charge in [0.15, 0.2) is 0 Å². The van der Waals surface area contributed by atoms with E-state index in [2.05, 4.69) is 22.8 Å². The minimum Gasteiger partial charge on any atom is -0.457 e. The predicted octanol–water partition coefficient (Wildman–Crippen LogP) is 7.04. The van der Waals surface area contributed by atoms with Crippen LogP contribution in [-0.4, -0.2) is 16.0 Å². The Labute approximate surface area is 192 Å². The Balaban J connectivity index is 1.32. The monoisotopic (exact) mass is 444 g/mol. The molecule has 1 aliphatic rings. The van der Waals surface area contributed by atoms with Crippen molar-refractivity contribution < 1.29 is 4.74 Å². The molecule has 5 nitrogen and oxygen atoms in total. The van der Waals surface area contributed by atoms with Gasteiger partial charge >= 0.3 is 0 Å². The molecule has 0 bridgehead atoms. The summed E-state index contributed by atoms with van der Waals surface area (Å²) in [6, 6.07) is 24.0. The number of hydrogen-bond donors (Lipinski definition) is 2. The van der Waals surface area contributed by atoms with E-state index in [0.717, 1.165) is 33.8 Å². The molecule has 0 amide bonds. The van der Waals surface area contributed by atoms with Crippen molar-refractivity contribution in [3.8, 4) is 11.5 Å². The third kappa shape index (κ3) is 4.94. The maximum Gasteiger partial charge on any atom is 0.225 e. The normalized spacial score (nSPS) is 13.9. The molecule has 4 aromatic rings. The molecule has 32 heavy (non-hydrogen) atoms. The van der Waals surface area contributed by atoms with Gasteiger partial charge in [-0.25, -0.2) is 4.98 Å². The van der Waals surface area contributed by atoms with Crippen molar-refractivity contribution in [3.63, 3.8) is 0 Å². The third-order valence-electron chi connectivity index (χ3n) is 5.70. The van der Waals surface area contributed by atoms with Crippen molar-refractivity contribution in [2.24, 2.45) is 0 Å². The highest BCUT2D eigenvalue weighted by Gasteiger charge is 2.17. The first-order chi connectivity index (χ1) is 15.7. The highest BCUT2D eigenvalue weighted by molar-refractivity contribution is 6.30. The molecule has 5 rings (SSSR count). The van der Waals surface area contributed by atoms with Crippen LogP contribution in [0.15, 0.2) is 72.8 Å². The van der Waals surface area contributed by atoms with Crippen LogP contribution in [0.3, 0.4) is 0 Å². The van der Waals surface area contributed by atoms with E-state index in [0.29, 0.717) is 23.6 Å². The van der Waals surface area contributed by atoms with Gasteiger partial charge < -0.3 is 15.4 Å². The number of aromatic nitrogens is 2. The summed E-state index contributed by atoms with van der Waals surface area (Å²) >= 11 is 5.95. The number of ether oxygens (including phenoxy) is 1. The number of nitrogens with one attached hydrogen (secondary N) is 2. The van der Waals surface area contributed by atoms with Gasteiger partial charge in [0.05, 0.1) is 5.52 Å². The molecule has 0 radical (unpaired) electrons. The molecule has 0 aliphatic heterocycles. The first-order valence-corrected chi connectivity index (χ1v) is 11.4. The molecule has 1 fully saturated rings. The molecule has 2 N–H and O–H groups in total. The van der Waals surface area contributed by atoms with E-state index in [1.54, 1.807) is 0 Å². The SMILES string of the molecule is Clc1ccc(Oc2cccc(CNc3nc(NC4CCCC4)c4ccccc4n3)c2)cc1. The molecule has 0 unspecified atom stereocenters. The molecular weight excluding hydrogens is 420 g/mol. The number of hydrogen-bond acceptors (Lipinski definition) is 5. The summed E-state index contributed by atoms with van der Waals surface area (Å²) < 4.78 is 5.95. The lowest BCUT2D eigenvalue weighted by molar-refractivity contribution is 0.482. The highest BCUT2D eigenvalue weighted by Crippen LogP contribution is 2.28.